The second-order valence-corrected chi connectivity index (χ2v) is 9.58. The lowest BCUT2D eigenvalue weighted by Gasteiger charge is -2.20. The predicted octanol–water partition coefficient (Wildman–Crippen LogP) is 2.83. The van der Waals surface area contributed by atoms with Crippen LogP contribution in [0.5, 0.6) is 0 Å². The normalized spacial score (nSPS) is 26.4. The van der Waals surface area contributed by atoms with Crippen LogP contribution in [0.2, 0.25) is 0 Å². The molecule has 0 aromatic carbocycles. The molecule has 0 aliphatic carbocycles. The Labute approximate surface area is 107 Å². The van der Waals surface area contributed by atoms with Crippen molar-refractivity contribution in [3.05, 3.63) is 0 Å². The Morgan fingerprint density at radius 3 is 2.00 bits per heavy atom. The van der Waals surface area contributed by atoms with E-state index in [1.165, 1.54) is 11.2 Å². The molecule has 1 aliphatic rings. The van der Waals surface area contributed by atoms with Crippen molar-refractivity contribution in [2.75, 3.05) is 13.2 Å². The number of hydrogen-bond donors (Lipinski definition) is 0. The van der Waals surface area contributed by atoms with Gasteiger partial charge in [0.2, 0.25) is 5.69 Å². The quantitative estimate of drug-likeness (QED) is 0.551. The minimum Gasteiger partial charge on any atom is -0.396 e. The van der Waals surface area contributed by atoms with E-state index in [4.69, 9.17) is 30.2 Å². The van der Waals surface area contributed by atoms with E-state index >= 15 is 0 Å². The molecule has 1 heterocycles. The van der Waals surface area contributed by atoms with E-state index in [2.05, 4.69) is 0 Å². The Bertz CT molecular complexity index is 248. The lowest BCUT2D eigenvalue weighted by Crippen LogP contribution is -2.13. The highest BCUT2D eigenvalue weighted by atomic mass is 32.9. The maximum atomic E-state index is 5.60. The first kappa shape index (κ1) is 15.0. The fourth-order valence-electron chi connectivity index (χ4n) is 1.17. The Balaban J connectivity index is 2.52. The van der Waals surface area contributed by atoms with Gasteiger partial charge in [0.15, 0.2) is 0 Å². The van der Waals surface area contributed by atoms with E-state index in [9.17, 15) is 0 Å². The lowest BCUT2D eigenvalue weighted by atomic mass is 10.3. The van der Waals surface area contributed by atoms with Crippen molar-refractivity contribution >= 4 is 35.1 Å². The summed E-state index contributed by atoms with van der Waals surface area (Å²) in [6.45, 7) is 8.86. The third kappa shape index (κ3) is 4.29. The zero-order valence-electron chi connectivity index (χ0n) is 10.0. The summed E-state index contributed by atoms with van der Waals surface area (Å²) in [5, 5.41) is 0. The molecule has 0 saturated carbocycles. The van der Waals surface area contributed by atoms with Crippen LogP contribution in [0.1, 0.15) is 27.7 Å². The summed E-state index contributed by atoms with van der Waals surface area (Å²) in [7, 11) is 0. The van der Waals surface area contributed by atoms with Crippen LogP contribution in [-0.2, 0) is 30.2 Å². The first-order chi connectivity index (χ1) is 7.50. The van der Waals surface area contributed by atoms with Crippen LogP contribution >= 0.6 is 16.9 Å². The van der Waals surface area contributed by atoms with Gasteiger partial charge in [-0.3, -0.25) is 0 Å². The van der Waals surface area contributed by atoms with Gasteiger partial charge in [-0.15, -0.1) is 0 Å². The fraction of sp³-hybridized carbons (Fsp3) is 1.00. The van der Waals surface area contributed by atoms with Crippen molar-refractivity contribution in [2.24, 2.45) is 0 Å². The van der Waals surface area contributed by atoms with Gasteiger partial charge < -0.3 is 18.4 Å². The van der Waals surface area contributed by atoms with Crippen LogP contribution in [0.3, 0.4) is 0 Å². The molecule has 1 aliphatic heterocycles. The molecule has 0 N–H and O–H groups in total. The predicted molar refractivity (Wildman–Crippen MR) is 72.0 cm³/mol. The Hall–Kier alpha value is 0.905. The molecule has 1 rings (SSSR count). The molecule has 1 fully saturated rings. The van der Waals surface area contributed by atoms with Crippen molar-refractivity contribution in [3.8, 4) is 0 Å². The third-order valence-corrected chi connectivity index (χ3v) is 7.23. The van der Waals surface area contributed by atoms with Gasteiger partial charge in [-0.1, -0.05) is 11.2 Å². The van der Waals surface area contributed by atoms with Gasteiger partial charge >= 0.3 is 6.40 Å². The summed E-state index contributed by atoms with van der Waals surface area (Å²) < 4.78 is 22.2. The molecule has 2 unspecified atom stereocenters. The van der Waals surface area contributed by atoms with Crippen LogP contribution in [0.4, 0.5) is 0 Å². The highest BCUT2D eigenvalue weighted by Crippen LogP contribution is 2.62. The first-order valence-corrected chi connectivity index (χ1v) is 9.51. The average Bonchev–Trinajstić information content (AvgIpc) is 2.45. The molecule has 2 atom stereocenters. The van der Waals surface area contributed by atoms with E-state index in [1.54, 1.807) is 0 Å². The summed E-state index contributed by atoms with van der Waals surface area (Å²) in [5.41, 5.74) is -2.32. The first-order valence-electron chi connectivity index (χ1n) is 5.39. The van der Waals surface area contributed by atoms with Crippen molar-refractivity contribution in [1.82, 2.24) is 0 Å². The van der Waals surface area contributed by atoms with Crippen LogP contribution in [0, 0.1) is 0 Å². The van der Waals surface area contributed by atoms with Crippen molar-refractivity contribution in [3.63, 3.8) is 0 Å². The molecule has 0 aromatic rings. The van der Waals surface area contributed by atoms with Crippen molar-refractivity contribution in [1.29, 1.82) is 0 Å². The van der Waals surface area contributed by atoms with Gasteiger partial charge in [0, 0.05) is 0 Å². The second kappa shape index (κ2) is 6.73. The van der Waals surface area contributed by atoms with Crippen LogP contribution in [0.15, 0.2) is 0 Å². The standard InChI is InChI=1S/C8H18BO4PS2/c1-5-10-14(15,11-6-2)16-9-12-7(3)8(4)13-9/h7-8H,5-6H2,1-4H3. The summed E-state index contributed by atoms with van der Waals surface area (Å²) in [6, 6.07) is 0. The third-order valence-electron chi connectivity index (χ3n) is 2.10. The monoisotopic (exact) mass is 284 g/mol. The minimum absolute atomic E-state index is 0.0872. The van der Waals surface area contributed by atoms with E-state index in [-0.39, 0.29) is 18.6 Å². The van der Waals surface area contributed by atoms with Gasteiger partial charge in [-0.25, -0.2) is 0 Å². The molecule has 0 radical (unpaired) electrons. The van der Waals surface area contributed by atoms with E-state index < -0.39 is 5.69 Å². The molecular formula is C8H18BO4PS2. The van der Waals surface area contributed by atoms with E-state index in [0.717, 1.165) is 0 Å². The van der Waals surface area contributed by atoms with Crippen LogP contribution in [0.25, 0.3) is 0 Å². The molecule has 94 valence electrons. The molecule has 0 amide bonds. The van der Waals surface area contributed by atoms with Gasteiger partial charge in [-0.2, -0.15) is 0 Å². The minimum atomic E-state index is -2.32. The summed E-state index contributed by atoms with van der Waals surface area (Å²) in [5.74, 6) is 0. The molecular weight excluding hydrogens is 266 g/mol. The van der Waals surface area contributed by atoms with E-state index in [0.29, 0.717) is 13.2 Å². The fourth-order valence-corrected chi connectivity index (χ4v) is 5.86. The maximum Gasteiger partial charge on any atom is 0.541 e. The van der Waals surface area contributed by atoms with Crippen LogP contribution < -0.4 is 0 Å². The maximum absolute atomic E-state index is 5.60. The van der Waals surface area contributed by atoms with Gasteiger partial charge in [0.05, 0.1) is 25.4 Å². The molecule has 0 aromatic heterocycles. The van der Waals surface area contributed by atoms with Crippen molar-refractivity contribution in [2.45, 2.75) is 39.9 Å². The van der Waals surface area contributed by atoms with Gasteiger partial charge in [0.25, 0.3) is 0 Å². The molecule has 8 heteroatoms. The molecule has 1 saturated heterocycles. The molecule has 0 spiro atoms. The largest absolute Gasteiger partial charge is 0.541 e. The Morgan fingerprint density at radius 2 is 1.62 bits per heavy atom. The average molecular weight is 284 g/mol. The number of hydrogen-bond acceptors (Lipinski definition) is 6. The topological polar surface area (TPSA) is 36.9 Å². The number of rotatable bonds is 6. The SMILES string of the molecule is CCOP(=S)(OCC)SB1OC(C)C(C)O1. The van der Waals surface area contributed by atoms with Gasteiger partial charge in [0.1, 0.15) is 0 Å². The smallest absolute Gasteiger partial charge is 0.396 e. The summed E-state index contributed by atoms with van der Waals surface area (Å²) >= 11 is 6.73. The molecule has 4 nitrogen and oxygen atoms in total. The zero-order chi connectivity index (χ0) is 12.2. The lowest BCUT2D eigenvalue weighted by molar-refractivity contribution is 0.187. The summed E-state index contributed by atoms with van der Waals surface area (Å²) in [6.07, 6.45) is -0.192. The highest BCUT2D eigenvalue weighted by Gasteiger charge is 2.40. The zero-order valence-corrected chi connectivity index (χ0v) is 12.6. The highest BCUT2D eigenvalue weighted by molar-refractivity contribution is 8.77. The van der Waals surface area contributed by atoms with Gasteiger partial charge in [-0.05, 0) is 39.5 Å². The van der Waals surface area contributed by atoms with E-state index in [1.807, 2.05) is 27.7 Å². The Morgan fingerprint density at radius 1 is 1.19 bits per heavy atom. The van der Waals surface area contributed by atoms with Crippen molar-refractivity contribution < 1.29 is 18.4 Å². The molecule has 0 bridgehead atoms. The summed E-state index contributed by atoms with van der Waals surface area (Å²) in [4.78, 5) is 0. The Kier molecular flexibility index (Phi) is 6.30. The molecule has 16 heavy (non-hydrogen) atoms. The second-order valence-electron chi connectivity index (χ2n) is 3.36. The van der Waals surface area contributed by atoms with Crippen LogP contribution in [-0.4, -0.2) is 31.8 Å².